The predicted octanol–water partition coefficient (Wildman–Crippen LogP) is 1.82. The van der Waals surface area contributed by atoms with Crippen molar-refractivity contribution >= 4 is 11.3 Å². The SMILES string of the molecule is Cc1sc(=N)n(CC2CCCO2)c1C. The van der Waals surface area contributed by atoms with Crippen molar-refractivity contribution in [2.24, 2.45) is 0 Å². The van der Waals surface area contributed by atoms with Gasteiger partial charge in [-0.3, -0.25) is 5.41 Å². The third-order valence-corrected chi connectivity index (χ3v) is 3.83. The van der Waals surface area contributed by atoms with Gasteiger partial charge in [-0.05, 0) is 26.7 Å². The topological polar surface area (TPSA) is 38.0 Å². The summed E-state index contributed by atoms with van der Waals surface area (Å²) in [5.41, 5.74) is 1.22. The summed E-state index contributed by atoms with van der Waals surface area (Å²) in [6.45, 7) is 5.90. The van der Waals surface area contributed by atoms with Crippen molar-refractivity contribution < 1.29 is 4.74 Å². The first-order chi connectivity index (χ1) is 6.68. The van der Waals surface area contributed by atoms with E-state index >= 15 is 0 Å². The van der Waals surface area contributed by atoms with Crippen LogP contribution in [0.1, 0.15) is 23.4 Å². The Bertz CT molecular complexity index is 374. The van der Waals surface area contributed by atoms with Crippen LogP contribution in [0.3, 0.4) is 0 Å². The number of aromatic nitrogens is 1. The van der Waals surface area contributed by atoms with Gasteiger partial charge in [-0.15, -0.1) is 11.3 Å². The van der Waals surface area contributed by atoms with Gasteiger partial charge in [0.25, 0.3) is 0 Å². The molecule has 1 saturated heterocycles. The summed E-state index contributed by atoms with van der Waals surface area (Å²) < 4.78 is 7.64. The highest BCUT2D eigenvalue weighted by Gasteiger charge is 2.17. The van der Waals surface area contributed by atoms with E-state index in [1.54, 1.807) is 11.3 Å². The van der Waals surface area contributed by atoms with Crippen LogP contribution in [-0.2, 0) is 11.3 Å². The Kier molecular flexibility index (Phi) is 2.74. The van der Waals surface area contributed by atoms with Gasteiger partial charge in [0.05, 0.1) is 12.6 Å². The molecule has 14 heavy (non-hydrogen) atoms. The van der Waals surface area contributed by atoms with E-state index in [-0.39, 0.29) is 0 Å². The number of hydrogen-bond acceptors (Lipinski definition) is 3. The molecule has 1 atom stereocenters. The highest BCUT2D eigenvalue weighted by Crippen LogP contribution is 2.16. The Morgan fingerprint density at radius 1 is 1.57 bits per heavy atom. The lowest BCUT2D eigenvalue weighted by Gasteiger charge is -2.11. The molecule has 1 aromatic rings. The molecule has 1 N–H and O–H groups in total. The molecule has 0 amide bonds. The first-order valence-electron chi connectivity index (χ1n) is 5.01. The van der Waals surface area contributed by atoms with Gasteiger partial charge in [0.1, 0.15) is 0 Å². The fourth-order valence-corrected chi connectivity index (χ4v) is 2.70. The quantitative estimate of drug-likeness (QED) is 0.798. The second kappa shape index (κ2) is 3.87. The van der Waals surface area contributed by atoms with Crippen LogP contribution < -0.4 is 4.80 Å². The third-order valence-electron chi connectivity index (χ3n) is 2.82. The molecule has 3 nitrogen and oxygen atoms in total. The van der Waals surface area contributed by atoms with Crippen molar-refractivity contribution in [3.63, 3.8) is 0 Å². The van der Waals surface area contributed by atoms with Gasteiger partial charge in [0.15, 0.2) is 4.80 Å². The molecular weight excluding hydrogens is 196 g/mol. The second-order valence-corrected chi connectivity index (χ2v) is 5.00. The number of ether oxygens (including phenoxy) is 1. The Labute approximate surface area is 87.8 Å². The molecule has 78 valence electrons. The smallest absolute Gasteiger partial charge is 0.182 e. The van der Waals surface area contributed by atoms with Crippen LogP contribution in [0.15, 0.2) is 0 Å². The zero-order valence-corrected chi connectivity index (χ0v) is 9.49. The lowest BCUT2D eigenvalue weighted by Crippen LogP contribution is -2.23. The Hall–Kier alpha value is -0.610. The van der Waals surface area contributed by atoms with Gasteiger partial charge in [-0.2, -0.15) is 0 Å². The van der Waals surface area contributed by atoms with Gasteiger partial charge in [-0.25, -0.2) is 0 Å². The van der Waals surface area contributed by atoms with Crippen molar-refractivity contribution in [2.75, 3.05) is 6.61 Å². The van der Waals surface area contributed by atoms with Crippen molar-refractivity contribution in [1.82, 2.24) is 4.57 Å². The zero-order chi connectivity index (χ0) is 10.1. The Balaban J connectivity index is 2.19. The number of nitrogens with one attached hydrogen (secondary N) is 1. The molecule has 2 heterocycles. The standard InChI is InChI=1S/C10H16N2OS/c1-7-8(2)14-10(11)12(7)6-9-4-3-5-13-9/h9,11H,3-6H2,1-2H3. The molecule has 0 saturated carbocycles. The largest absolute Gasteiger partial charge is 0.376 e. The molecule has 0 radical (unpaired) electrons. The van der Waals surface area contributed by atoms with Gasteiger partial charge in [0.2, 0.25) is 0 Å². The van der Waals surface area contributed by atoms with E-state index in [0.29, 0.717) is 10.9 Å². The molecule has 4 heteroatoms. The number of aryl methyl sites for hydroxylation is 1. The van der Waals surface area contributed by atoms with Crippen LogP contribution in [0.4, 0.5) is 0 Å². The van der Waals surface area contributed by atoms with E-state index in [1.807, 2.05) is 0 Å². The molecule has 0 bridgehead atoms. The molecule has 0 aromatic carbocycles. The van der Waals surface area contributed by atoms with E-state index in [0.717, 1.165) is 19.6 Å². The maximum Gasteiger partial charge on any atom is 0.182 e. The Morgan fingerprint density at radius 3 is 2.86 bits per heavy atom. The first-order valence-corrected chi connectivity index (χ1v) is 5.83. The lowest BCUT2D eigenvalue weighted by atomic mass is 10.2. The normalized spacial score (nSPS) is 21.7. The molecule has 1 aromatic heterocycles. The predicted molar refractivity (Wildman–Crippen MR) is 56.6 cm³/mol. The first kappa shape index (κ1) is 9.93. The average Bonchev–Trinajstić information content (AvgIpc) is 2.71. The Morgan fingerprint density at radius 2 is 2.36 bits per heavy atom. The average molecular weight is 212 g/mol. The highest BCUT2D eigenvalue weighted by molar-refractivity contribution is 7.09. The van der Waals surface area contributed by atoms with Crippen LogP contribution in [-0.4, -0.2) is 17.3 Å². The highest BCUT2D eigenvalue weighted by atomic mass is 32.1. The molecule has 1 aliphatic heterocycles. The fourth-order valence-electron chi connectivity index (χ4n) is 1.83. The number of rotatable bonds is 2. The summed E-state index contributed by atoms with van der Waals surface area (Å²) >= 11 is 1.55. The van der Waals surface area contributed by atoms with Crippen molar-refractivity contribution in [2.45, 2.75) is 39.3 Å². The maximum absolute atomic E-state index is 7.82. The summed E-state index contributed by atoms with van der Waals surface area (Å²) in [6.07, 6.45) is 2.64. The summed E-state index contributed by atoms with van der Waals surface area (Å²) in [6, 6.07) is 0. The van der Waals surface area contributed by atoms with E-state index in [9.17, 15) is 0 Å². The third kappa shape index (κ3) is 1.77. The van der Waals surface area contributed by atoms with E-state index < -0.39 is 0 Å². The van der Waals surface area contributed by atoms with Crippen LogP contribution in [0.25, 0.3) is 0 Å². The van der Waals surface area contributed by atoms with Crippen molar-refractivity contribution in [3.8, 4) is 0 Å². The van der Waals surface area contributed by atoms with Crippen molar-refractivity contribution in [1.29, 1.82) is 5.41 Å². The minimum Gasteiger partial charge on any atom is -0.376 e. The van der Waals surface area contributed by atoms with Crippen LogP contribution in [0.5, 0.6) is 0 Å². The molecular formula is C10H16N2OS. The van der Waals surface area contributed by atoms with Crippen LogP contribution >= 0.6 is 11.3 Å². The second-order valence-electron chi connectivity index (χ2n) is 3.79. The zero-order valence-electron chi connectivity index (χ0n) is 8.67. The maximum atomic E-state index is 7.82. The molecule has 1 unspecified atom stereocenters. The minimum atomic E-state index is 0.330. The van der Waals surface area contributed by atoms with E-state index in [4.69, 9.17) is 10.1 Å². The van der Waals surface area contributed by atoms with Gasteiger partial charge < -0.3 is 9.30 Å². The van der Waals surface area contributed by atoms with Gasteiger partial charge in [-0.1, -0.05) is 0 Å². The van der Waals surface area contributed by atoms with Gasteiger partial charge >= 0.3 is 0 Å². The van der Waals surface area contributed by atoms with E-state index in [2.05, 4.69) is 18.4 Å². The summed E-state index contributed by atoms with van der Waals surface area (Å²) in [7, 11) is 0. The lowest BCUT2D eigenvalue weighted by molar-refractivity contribution is 0.0958. The number of thiazole rings is 1. The molecule has 2 rings (SSSR count). The molecule has 1 fully saturated rings. The van der Waals surface area contributed by atoms with Crippen molar-refractivity contribution in [3.05, 3.63) is 15.4 Å². The monoisotopic (exact) mass is 212 g/mol. The van der Waals surface area contributed by atoms with Crippen LogP contribution in [0, 0.1) is 19.3 Å². The molecule has 0 spiro atoms. The number of hydrogen-bond donors (Lipinski definition) is 1. The van der Waals surface area contributed by atoms with E-state index in [1.165, 1.54) is 17.0 Å². The molecule has 1 aliphatic rings. The fraction of sp³-hybridized carbons (Fsp3) is 0.700. The summed E-state index contributed by atoms with van der Waals surface area (Å²) in [4.78, 5) is 1.89. The summed E-state index contributed by atoms with van der Waals surface area (Å²) in [5, 5.41) is 7.82. The number of nitrogens with zero attached hydrogens (tertiary/aromatic N) is 1. The summed E-state index contributed by atoms with van der Waals surface area (Å²) in [5.74, 6) is 0. The minimum absolute atomic E-state index is 0.330. The van der Waals surface area contributed by atoms with Gasteiger partial charge in [0, 0.05) is 17.2 Å². The molecule has 0 aliphatic carbocycles. The van der Waals surface area contributed by atoms with Crippen LogP contribution in [0.2, 0.25) is 0 Å².